The van der Waals surface area contributed by atoms with Crippen LogP contribution in [-0.4, -0.2) is 47.1 Å². The SMILES string of the molecule is C[C@@H]1Cc2c(C(F)F)nn(CC(=O)NC(Cc3cc(F)cc(F)c3)c3nc(C#CC4(O)CC(F)(F)C4)ccc3-c3ccc(Cl)c4c(N)nn(C)c34)c2C1(F)F. The number of hydrogen-bond acceptors (Lipinski definition) is 6. The summed E-state index contributed by atoms with van der Waals surface area (Å²) < 4.78 is 117. The molecule has 4 N–H and O–H groups in total. The van der Waals surface area contributed by atoms with Gasteiger partial charge in [0, 0.05) is 35.7 Å². The molecule has 288 valence electrons. The molecule has 18 heteroatoms. The number of nitrogen functional groups attached to an aromatic ring is 1. The fourth-order valence-corrected chi connectivity index (χ4v) is 7.59. The third-order valence-electron chi connectivity index (χ3n) is 9.76. The highest BCUT2D eigenvalue weighted by Crippen LogP contribution is 2.49. The molecular formula is C37H30ClF8N7O2. The smallest absolute Gasteiger partial charge is 0.292 e. The number of halogens is 9. The number of fused-ring (bicyclic) bond motifs is 2. The molecule has 9 nitrogen and oxygen atoms in total. The first-order chi connectivity index (χ1) is 25.7. The Bertz CT molecular complexity index is 2410. The monoisotopic (exact) mass is 791 g/mol. The van der Waals surface area contributed by atoms with E-state index in [0.29, 0.717) is 27.2 Å². The second-order valence-electron chi connectivity index (χ2n) is 13.9. The molecule has 2 aliphatic carbocycles. The van der Waals surface area contributed by atoms with Crippen LogP contribution in [0.3, 0.4) is 0 Å². The van der Waals surface area contributed by atoms with Gasteiger partial charge in [0.25, 0.3) is 18.3 Å². The van der Waals surface area contributed by atoms with Gasteiger partial charge in [0.05, 0.1) is 40.5 Å². The number of rotatable bonds is 8. The van der Waals surface area contributed by atoms with E-state index >= 15 is 8.78 Å². The van der Waals surface area contributed by atoms with Crippen LogP contribution in [0.15, 0.2) is 42.5 Å². The van der Waals surface area contributed by atoms with E-state index in [9.17, 15) is 36.2 Å². The number of carbonyl (C=O) groups excluding carboxylic acids is 1. The largest absolute Gasteiger partial charge is 0.382 e. The average Bonchev–Trinajstić information content (AvgIpc) is 3.66. The molecule has 55 heavy (non-hydrogen) atoms. The summed E-state index contributed by atoms with van der Waals surface area (Å²) in [6.07, 6.45) is -5.78. The number of pyridine rings is 1. The molecule has 1 saturated carbocycles. The van der Waals surface area contributed by atoms with Crippen LogP contribution in [0.5, 0.6) is 0 Å². The van der Waals surface area contributed by atoms with E-state index in [2.05, 4.69) is 32.3 Å². The summed E-state index contributed by atoms with van der Waals surface area (Å²) in [6, 6.07) is 7.32. The van der Waals surface area contributed by atoms with Crippen LogP contribution in [0.25, 0.3) is 22.0 Å². The molecule has 2 atom stereocenters. The number of alkyl halides is 6. The van der Waals surface area contributed by atoms with E-state index in [0.717, 1.165) is 12.1 Å². The number of hydrogen-bond donors (Lipinski definition) is 3. The minimum absolute atomic E-state index is 0.0166. The number of amides is 1. The molecule has 1 unspecified atom stereocenters. The van der Waals surface area contributed by atoms with Crippen LogP contribution in [0.1, 0.15) is 66.1 Å². The van der Waals surface area contributed by atoms with E-state index in [1.807, 2.05) is 0 Å². The number of benzene rings is 2. The van der Waals surface area contributed by atoms with Gasteiger partial charge in [-0.25, -0.2) is 31.3 Å². The molecule has 3 aromatic heterocycles. The van der Waals surface area contributed by atoms with E-state index in [1.165, 1.54) is 29.8 Å². The fraction of sp³-hybridized carbons (Fsp3) is 0.351. The van der Waals surface area contributed by atoms with Gasteiger partial charge in [-0.2, -0.15) is 19.0 Å². The van der Waals surface area contributed by atoms with Crippen molar-refractivity contribution < 1.29 is 45.0 Å². The highest BCUT2D eigenvalue weighted by atomic mass is 35.5. The molecular weight excluding hydrogens is 762 g/mol. The molecule has 0 aliphatic heterocycles. The predicted molar refractivity (Wildman–Crippen MR) is 184 cm³/mol. The molecule has 0 radical (unpaired) electrons. The summed E-state index contributed by atoms with van der Waals surface area (Å²) >= 11 is 6.48. The van der Waals surface area contributed by atoms with Crippen LogP contribution >= 0.6 is 11.6 Å². The van der Waals surface area contributed by atoms with E-state index in [-0.39, 0.29) is 51.8 Å². The van der Waals surface area contributed by atoms with Gasteiger partial charge in [-0.05, 0) is 54.7 Å². The maximum absolute atomic E-state index is 15.3. The Morgan fingerprint density at radius 3 is 2.38 bits per heavy atom. The van der Waals surface area contributed by atoms with Crippen LogP contribution in [-0.2, 0) is 37.2 Å². The molecule has 0 saturated heterocycles. The van der Waals surface area contributed by atoms with E-state index in [4.69, 9.17) is 17.3 Å². The summed E-state index contributed by atoms with van der Waals surface area (Å²) in [5, 5.41) is 21.7. The average molecular weight is 792 g/mol. The fourth-order valence-electron chi connectivity index (χ4n) is 7.34. The third kappa shape index (κ3) is 7.08. The van der Waals surface area contributed by atoms with Crippen LogP contribution in [0.4, 0.5) is 40.9 Å². The van der Waals surface area contributed by atoms with Crippen molar-refractivity contribution in [1.29, 1.82) is 0 Å². The number of aliphatic hydroxyl groups is 1. The van der Waals surface area contributed by atoms with Crippen molar-refractivity contribution in [3.63, 3.8) is 0 Å². The Morgan fingerprint density at radius 1 is 1.05 bits per heavy atom. The number of anilines is 1. The molecule has 7 rings (SSSR count). The summed E-state index contributed by atoms with van der Waals surface area (Å²) in [6.45, 7) is 0.237. The molecule has 3 heterocycles. The van der Waals surface area contributed by atoms with Crippen molar-refractivity contribution in [3.8, 4) is 23.0 Å². The second kappa shape index (κ2) is 13.5. The van der Waals surface area contributed by atoms with Crippen molar-refractivity contribution in [2.24, 2.45) is 13.0 Å². The van der Waals surface area contributed by atoms with Crippen molar-refractivity contribution >= 4 is 34.2 Å². The van der Waals surface area contributed by atoms with Crippen LogP contribution < -0.4 is 11.1 Å². The first kappa shape index (κ1) is 38.1. The summed E-state index contributed by atoms with van der Waals surface area (Å²) in [5.74, 6) is -5.89. The number of carbonyl (C=O) groups is 1. The zero-order valence-corrected chi connectivity index (χ0v) is 29.6. The van der Waals surface area contributed by atoms with Crippen LogP contribution in [0.2, 0.25) is 5.02 Å². The third-order valence-corrected chi connectivity index (χ3v) is 10.1. The zero-order chi connectivity index (χ0) is 39.8. The van der Waals surface area contributed by atoms with Crippen molar-refractivity contribution in [3.05, 3.63) is 93.0 Å². The molecule has 0 bridgehead atoms. The molecule has 0 spiro atoms. The van der Waals surface area contributed by atoms with Gasteiger partial charge in [0.15, 0.2) is 5.82 Å². The number of nitrogens with zero attached hydrogens (tertiary/aromatic N) is 5. The highest BCUT2D eigenvalue weighted by molar-refractivity contribution is 6.37. The quantitative estimate of drug-likeness (QED) is 0.113. The summed E-state index contributed by atoms with van der Waals surface area (Å²) in [5.41, 5.74) is 3.11. The maximum Gasteiger partial charge on any atom is 0.292 e. The summed E-state index contributed by atoms with van der Waals surface area (Å²) in [7, 11) is 1.59. The predicted octanol–water partition coefficient (Wildman–Crippen LogP) is 7.18. The van der Waals surface area contributed by atoms with Gasteiger partial charge in [-0.15, -0.1) is 0 Å². The van der Waals surface area contributed by atoms with Gasteiger partial charge in [0.2, 0.25) is 5.91 Å². The topological polar surface area (TPSA) is 124 Å². The zero-order valence-electron chi connectivity index (χ0n) is 28.9. The number of aryl methyl sites for hydroxylation is 1. The minimum atomic E-state index is -3.59. The van der Waals surface area contributed by atoms with Crippen molar-refractivity contribution in [1.82, 2.24) is 29.9 Å². The van der Waals surface area contributed by atoms with Crippen LogP contribution in [0, 0.1) is 29.4 Å². The molecule has 2 aromatic carbocycles. The first-order valence-corrected chi connectivity index (χ1v) is 17.2. The van der Waals surface area contributed by atoms with E-state index < -0.39 is 84.1 Å². The number of nitrogens with two attached hydrogens (primary N) is 1. The molecule has 1 fully saturated rings. The molecule has 1 amide bonds. The lowest BCUT2D eigenvalue weighted by Gasteiger charge is -2.39. The Kier molecular flexibility index (Phi) is 9.36. The van der Waals surface area contributed by atoms with Gasteiger partial charge in [-0.3, -0.25) is 14.2 Å². The summed E-state index contributed by atoms with van der Waals surface area (Å²) in [4.78, 5) is 18.5. The van der Waals surface area contributed by atoms with Crippen molar-refractivity contribution in [2.75, 3.05) is 5.73 Å². The number of aromatic nitrogens is 5. The Labute approximate surface area is 312 Å². The van der Waals surface area contributed by atoms with E-state index in [1.54, 1.807) is 13.1 Å². The van der Waals surface area contributed by atoms with Gasteiger partial charge in [-0.1, -0.05) is 30.5 Å². The van der Waals surface area contributed by atoms with Gasteiger partial charge >= 0.3 is 0 Å². The van der Waals surface area contributed by atoms with Gasteiger partial charge in [0.1, 0.15) is 40.9 Å². The first-order valence-electron chi connectivity index (χ1n) is 16.8. The highest BCUT2D eigenvalue weighted by Gasteiger charge is 2.55. The van der Waals surface area contributed by atoms with Crippen molar-refractivity contribution in [2.45, 2.75) is 69.1 Å². The Balaban J connectivity index is 1.37. The Hall–Kier alpha value is -5.21. The minimum Gasteiger partial charge on any atom is -0.382 e. The number of nitrogens with one attached hydrogen (secondary N) is 1. The normalized spacial score (nSPS) is 18.5. The lowest BCUT2D eigenvalue weighted by Crippen LogP contribution is -2.50. The Morgan fingerprint density at radius 2 is 1.73 bits per heavy atom. The van der Waals surface area contributed by atoms with Gasteiger partial charge < -0.3 is 16.2 Å². The lowest BCUT2D eigenvalue weighted by molar-refractivity contribution is -0.176. The lowest BCUT2D eigenvalue weighted by atomic mass is 9.77. The molecule has 5 aromatic rings. The second-order valence-corrected chi connectivity index (χ2v) is 14.4. The molecule has 2 aliphatic rings. The standard InChI is InChI=1S/C37H30ClF8N7O2/c1-17-9-24-30(33(41)42)50-53(32(24)37(17,45)46)14-27(54)49-26(12-18-10-19(39)13-20(40)11-18)29-22(23-5-6-25(38)28-31(23)52(2)51-34(28)47)4-3-21(48-29)7-8-35(55)15-36(43,44)16-35/h3-6,10-11,13,17,26,33,55H,9,12,14-16H2,1-2H3,(H2,47,51)(H,49,54)/t17-,26?/m1/s1. The maximum atomic E-state index is 15.3.